The molecule has 0 aromatic rings. The first-order valence-corrected chi connectivity index (χ1v) is 2.50. The van der Waals surface area contributed by atoms with E-state index in [0.29, 0.717) is 0 Å². The van der Waals surface area contributed by atoms with Crippen LogP contribution in [-0.4, -0.2) is 35.9 Å². The lowest BCUT2D eigenvalue weighted by molar-refractivity contribution is -0.129. The second kappa shape index (κ2) is 3.06. The van der Waals surface area contributed by atoms with Gasteiger partial charge >= 0.3 is 5.97 Å². The predicted octanol–water partition coefficient (Wildman–Crippen LogP) is 0.00850. The van der Waals surface area contributed by atoms with Crippen molar-refractivity contribution in [1.82, 2.24) is 5.01 Å². The van der Waals surface area contributed by atoms with E-state index in [1.165, 1.54) is 11.9 Å². The summed E-state index contributed by atoms with van der Waals surface area (Å²) in [6, 6.07) is 0. The van der Waals surface area contributed by atoms with E-state index in [4.69, 9.17) is 5.11 Å². The van der Waals surface area contributed by atoms with Crippen molar-refractivity contribution in [3.63, 3.8) is 0 Å². The minimum absolute atomic E-state index is 0.0972. The molecule has 0 bridgehead atoms. The SMILES string of the molecule is C/C(=N\N(C)C)C(=O)O. The molecule has 0 aliphatic carbocycles. The lowest BCUT2D eigenvalue weighted by Crippen LogP contribution is -2.14. The van der Waals surface area contributed by atoms with Crippen molar-refractivity contribution < 1.29 is 9.90 Å². The van der Waals surface area contributed by atoms with E-state index < -0.39 is 5.97 Å². The zero-order valence-electron chi connectivity index (χ0n) is 5.75. The van der Waals surface area contributed by atoms with Gasteiger partial charge in [-0.2, -0.15) is 5.10 Å². The molecule has 1 N–H and O–H groups in total. The van der Waals surface area contributed by atoms with Gasteiger partial charge in [0, 0.05) is 14.1 Å². The van der Waals surface area contributed by atoms with Gasteiger partial charge in [0.2, 0.25) is 0 Å². The Morgan fingerprint density at radius 3 is 2.11 bits per heavy atom. The van der Waals surface area contributed by atoms with E-state index in [0.717, 1.165) is 0 Å². The van der Waals surface area contributed by atoms with Crippen LogP contribution in [-0.2, 0) is 4.79 Å². The summed E-state index contributed by atoms with van der Waals surface area (Å²) in [4.78, 5) is 10.1. The first-order chi connectivity index (χ1) is 4.04. The number of hydrazone groups is 1. The number of carbonyl (C=O) groups is 1. The molecule has 0 amide bonds. The molecule has 0 atom stereocenters. The molecule has 0 unspecified atom stereocenters. The summed E-state index contributed by atoms with van der Waals surface area (Å²) >= 11 is 0. The number of aliphatic carboxylic acids is 1. The van der Waals surface area contributed by atoms with Crippen LogP contribution in [0.3, 0.4) is 0 Å². The summed E-state index contributed by atoms with van der Waals surface area (Å²) in [6.45, 7) is 1.45. The molecule has 0 aliphatic rings. The van der Waals surface area contributed by atoms with Crippen LogP contribution in [0.2, 0.25) is 0 Å². The fourth-order valence-corrected chi connectivity index (χ4v) is 0.343. The van der Waals surface area contributed by atoms with Crippen LogP contribution in [0.25, 0.3) is 0 Å². The molecule has 0 radical (unpaired) electrons. The molecule has 52 valence electrons. The fraction of sp³-hybridized carbons (Fsp3) is 0.600. The molecule has 0 fully saturated rings. The molecule has 9 heavy (non-hydrogen) atoms. The third kappa shape index (κ3) is 3.52. The summed E-state index contributed by atoms with van der Waals surface area (Å²) in [5.74, 6) is -0.983. The highest BCUT2D eigenvalue weighted by atomic mass is 16.4. The van der Waals surface area contributed by atoms with E-state index >= 15 is 0 Å². The average molecular weight is 130 g/mol. The molecule has 0 spiro atoms. The zero-order chi connectivity index (χ0) is 7.44. The van der Waals surface area contributed by atoms with Gasteiger partial charge in [-0.1, -0.05) is 0 Å². The maximum atomic E-state index is 10.1. The topological polar surface area (TPSA) is 52.9 Å². The molecule has 0 heterocycles. The Bertz CT molecular complexity index is 140. The molecular formula is C5H10N2O2. The molecule has 0 aliphatic heterocycles. The van der Waals surface area contributed by atoms with Crippen molar-refractivity contribution in [2.75, 3.05) is 14.1 Å². The Balaban J connectivity index is 4.00. The van der Waals surface area contributed by atoms with E-state index in [-0.39, 0.29) is 5.71 Å². The summed E-state index contributed by atoms with van der Waals surface area (Å²) in [5, 5.41) is 13.3. The number of nitrogens with zero attached hydrogens (tertiary/aromatic N) is 2. The Hall–Kier alpha value is -1.06. The minimum Gasteiger partial charge on any atom is -0.477 e. The van der Waals surface area contributed by atoms with Gasteiger partial charge in [0.25, 0.3) is 0 Å². The second-order valence-corrected chi connectivity index (χ2v) is 1.84. The van der Waals surface area contributed by atoms with Crippen molar-refractivity contribution in [2.24, 2.45) is 5.10 Å². The maximum absolute atomic E-state index is 10.1. The van der Waals surface area contributed by atoms with Gasteiger partial charge in [-0.3, -0.25) is 0 Å². The molecule has 0 saturated heterocycles. The number of hydrogen-bond acceptors (Lipinski definition) is 3. The van der Waals surface area contributed by atoms with Crippen molar-refractivity contribution in [3.8, 4) is 0 Å². The predicted molar refractivity (Wildman–Crippen MR) is 34.4 cm³/mol. The first kappa shape index (κ1) is 7.94. The molecule has 0 rings (SSSR count). The van der Waals surface area contributed by atoms with E-state index in [1.54, 1.807) is 14.1 Å². The lowest BCUT2D eigenvalue weighted by Gasteiger charge is -2.02. The average Bonchev–Trinajstić information content (AvgIpc) is 1.63. The van der Waals surface area contributed by atoms with Crippen LogP contribution < -0.4 is 0 Å². The number of hydrogen-bond donors (Lipinski definition) is 1. The monoisotopic (exact) mass is 130 g/mol. The molecule has 4 heteroatoms. The van der Waals surface area contributed by atoms with Crippen molar-refractivity contribution in [3.05, 3.63) is 0 Å². The second-order valence-electron chi connectivity index (χ2n) is 1.84. The van der Waals surface area contributed by atoms with Gasteiger partial charge in [0.1, 0.15) is 5.71 Å². The van der Waals surface area contributed by atoms with E-state index in [2.05, 4.69) is 5.10 Å². The third-order valence-electron chi connectivity index (χ3n) is 0.660. The highest BCUT2D eigenvalue weighted by Gasteiger charge is 1.99. The van der Waals surface area contributed by atoms with Crippen LogP contribution in [0.4, 0.5) is 0 Å². The Morgan fingerprint density at radius 2 is 2.00 bits per heavy atom. The highest BCUT2D eigenvalue weighted by Crippen LogP contribution is 1.80. The molecular weight excluding hydrogens is 120 g/mol. The standard InChI is InChI=1S/C5H10N2O2/c1-4(5(8)9)6-7(2)3/h1-3H3,(H,8,9)/b6-4+. The van der Waals surface area contributed by atoms with E-state index in [1.807, 2.05) is 0 Å². The van der Waals surface area contributed by atoms with Crippen LogP contribution in [0, 0.1) is 0 Å². The number of carboxylic acid groups (broad SMARTS) is 1. The summed E-state index contributed by atoms with van der Waals surface area (Å²) in [5.41, 5.74) is 0.0972. The number of carboxylic acids is 1. The zero-order valence-corrected chi connectivity index (χ0v) is 5.75. The molecule has 0 aromatic carbocycles. The fourth-order valence-electron chi connectivity index (χ4n) is 0.343. The van der Waals surface area contributed by atoms with Gasteiger partial charge < -0.3 is 10.1 Å². The van der Waals surface area contributed by atoms with Crippen molar-refractivity contribution >= 4 is 11.7 Å². The number of rotatable bonds is 2. The molecule has 4 nitrogen and oxygen atoms in total. The van der Waals surface area contributed by atoms with Crippen molar-refractivity contribution in [2.45, 2.75) is 6.92 Å². The largest absolute Gasteiger partial charge is 0.477 e. The highest BCUT2D eigenvalue weighted by molar-refractivity contribution is 6.34. The summed E-state index contributed by atoms with van der Waals surface area (Å²) in [6.07, 6.45) is 0. The maximum Gasteiger partial charge on any atom is 0.351 e. The smallest absolute Gasteiger partial charge is 0.351 e. The quantitative estimate of drug-likeness (QED) is 0.423. The summed E-state index contributed by atoms with van der Waals surface area (Å²) in [7, 11) is 3.35. The van der Waals surface area contributed by atoms with Gasteiger partial charge in [0.15, 0.2) is 0 Å². The van der Waals surface area contributed by atoms with Gasteiger partial charge in [-0.05, 0) is 6.92 Å². The van der Waals surface area contributed by atoms with Crippen LogP contribution in [0.1, 0.15) is 6.92 Å². The molecule has 0 aromatic heterocycles. The Kier molecular flexibility index (Phi) is 2.70. The third-order valence-corrected chi connectivity index (χ3v) is 0.660. The van der Waals surface area contributed by atoms with Crippen LogP contribution in [0.15, 0.2) is 5.10 Å². The molecule has 0 saturated carbocycles. The van der Waals surface area contributed by atoms with Crippen molar-refractivity contribution in [1.29, 1.82) is 0 Å². The van der Waals surface area contributed by atoms with Gasteiger partial charge in [-0.15, -0.1) is 0 Å². The summed E-state index contributed by atoms with van der Waals surface area (Å²) < 4.78 is 0. The first-order valence-electron chi connectivity index (χ1n) is 2.50. The van der Waals surface area contributed by atoms with Gasteiger partial charge in [0.05, 0.1) is 0 Å². The van der Waals surface area contributed by atoms with Crippen LogP contribution in [0.5, 0.6) is 0 Å². The van der Waals surface area contributed by atoms with Crippen LogP contribution >= 0.6 is 0 Å². The normalized spacial score (nSPS) is 11.2. The minimum atomic E-state index is -0.983. The Morgan fingerprint density at radius 1 is 1.56 bits per heavy atom. The van der Waals surface area contributed by atoms with Gasteiger partial charge in [-0.25, -0.2) is 4.79 Å². The van der Waals surface area contributed by atoms with E-state index in [9.17, 15) is 4.79 Å². The lowest BCUT2D eigenvalue weighted by atomic mass is 10.4. The Labute approximate surface area is 53.8 Å².